The lowest BCUT2D eigenvalue weighted by atomic mass is 9.71. The van der Waals surface area contributed by atoms with Gasteiger partial charge < -0.3 is 15.2 Å². The van der Waals surface area contributed by atoms with E-state index in [0.29, 0.717) is 36.3 Å². The Kier molecular flexibility index (Phi) is 8.53. The molecule has 0 saturated carbocycles. The monoisotopic (exact) mass is 640 g/mol. The van der Waals surface area contributed by atoms with Gasteiger partial charge in [0.1, 0.15) is 27.5 Å². The van der Waals surface area contributed by atoms with Crippen molar-refractivity contribution >= 4 is 49.6 Å². The van der Waals surface area contributed by atoms with Gasteiger partial charge >= 0.3 is 0 Å². The summed E-state index contributed by atoms with van der Waals surface area (Å²) in [6.07, 6.45) is 2.05. The van der Waals surface area contributed by atoms with Crippen molar-refractivity contribution in [3.63, 3.8) is 0 Å². The molecule has 3 aromatic rings. The summed E-state index contributed by atoms with van der Waals surface area (Å²) in [6, 6.07) is 18.8. The Morgan fingerprint density at radius 1 is 1.07 bits per heavy atom. The number of sulfonamides is 1. The van der Waals surface area contributed by atoms with E-state index in [1.54, 1.807) is 19.2 Å². The number of rotatable bonds is 10. The number of anilines is 2. The van der Waals surface area contributed by atoms with Crippen molar-refractivity contribution in [1.82, 2.24) is 5.32 Å². The quantitative estimate of drug-likeness (QED) is 0.158. The van der Waals surface area contributed by atoms with E-state index < -0.39 is 32.1 Å². The van der Waals surface area contributed by atoms with Crippen molar-refractivity contribution in [1.29, 1.82) is 0 Å². The van der Waals surface area contributed by atoms with Gasteiger partial charge in [-0.15, -0.1) is 4.40 Å². The minimum absolute atomic E-state index is 0.0548. The van der Waals surface area contributed by atoms with Crippen LogP contribution in [0.25, 0.3) is 5.76 Å². The molecule has 1 atom stereocenters. The molecule has 3 aromatic carbocycles. The van der Waals surface area contributed by atoms with Gasteiger partial charge in [-0.1, -0.05) is 61.0 Å². The number of carbonyl (C=O) groups is 1. The highest BCUT2D eigenvalue weighted by atomic mass is 32.3. The fourth-order valence-corrected chi connectivity index (χ4v) is 7.22. The predicted molar refractivity (Wildman–Crippen MR) is 174 cm³/mol. The highest BCUT2D eigenvalue weighted by Crippen LogP contribution is 2.57. The van der Waals surface area contributed by atoms with Gasteiger partial charge in [0.05, 0.1) is 24.7 Å². The van der Waals surface area contributed by atoms with E-state index in [-0.39, 0.29) is 39.4 Å². The maximum atomic E-state index is 14.8. The minimum Gasteiger partial charge on any atom is -0.506 e. The minimum atomic E-state index is -3.91. The zero-order valence-corrected chi connectivity index (χ0v) is 26.4. The third kappa shape index (κ3) is 6.19. The first-order valence-electron chi connectivity index (χ1n) is 14.0. The van der Waals surface area contributed by atoms with Crippen LogP contribution in [-0.2, 0) is 26.9 Å². The second-order valence-corrected chi connectivity index (χ2v) is 14.7. The number of amidine groups is 1. The van der Waals surface area contributed by atoms with Gasteiger partial charge in [0.25, 0.3) is 0 Å². The van der Waals surface area contributed by atoms with Crippen LogP contribution >= 0.6 is 10.8 Å². The molecule has 5 rings (SSSR count). The lowest BCUT2D eigenvalue weighted by Crippen LogP contribution is -2.53. The number of ketones is 1. The first-order chi connectivity index (χ1) is 20.7. The van der Waals surface area contributed by atoms with E-state index in [2.05, 4.69) is 33.6 Å². The molecule has 1 unspecified atom stereocenters. The lowest BCUT2D eigenvalue weighted by molar-refractivity contribution is -0.122. The molecule has 1 aliphatic heterocycles. The summed E-state index contributed by atoms with van der Waals surface area (Å²) < 4.78 is 57.5. The van der Waals surface area contributed by atoms with Gasteiger partial charge in [-0.05, 0) is 60.2 Å². The third-order valence-corrected chi connectivity index (χ3v) is 9.58. The van der Waals surface area contributed by atoms with Crippen molar-refractivity contribution in [2.24, 2.45) is 10.3 Å². The maximum Gasteiger partial charge on any atom is 0.229 e. The molecule has 0 bridgehead atoms. The number of carbonyl (C=O) groups excluding carboxylic acids is 1. The van der Waals surface area contributed by atoms with E-state index >= 15 is 0 Å². The van der Waals surface area contributed by atoms with Crippen LogP contribution in [0.3, 0.4) is 0 Å². The Balaban J connectivity index is 1.61. The van der Waals surface area contributed by atoms with Crippen molar-refractivity contribution in [3.8, 4) is 5.75 Å². The van der Waals surface area contributed by atoms with E-state index in [0.717, 1.165) is 11.8 Å². The Morgan fingerprint density at radius 2 is 1.82 bits per heavy atom. The molecule has 11 nitrogen and oxygen atoms in total. The number of aliphatic hydroxyl groups is 1. The largest absolute Gasteiger partial charge is 0.506 e. The molecule has 0 spiro atoms. The molecule has 0 saturated heterocycles. The van der Waals surface area contributed by atoms with Gasteiger partial charge in [-0.2, -0.15) is 0 Å². The summed E-state index contributed by atoms with van der Waals surface area (Å²) in [7, 11) is -5.95. The first-order valence-corrected chi connectivity index (χ1v) is 17.4. The standard InChI is InChI=1S/C31H36N4O7S2/c1-19(2)14-15-31(32-18-20-8-7-9-22(16-20)42-3)24-11-6-5-10-23(24)28(36)27(29(31)37)30-33-25-13-12-21(34-43(4,38)39)17-26(25)44(40,41)35-30/h5-13,16-17,19,32,34,36,40-41H,14-15,18H2,1-4H3,(H,33,35). The van der Waals surface area contributed by atoms with Crippen LogP contribution in [0.1, 0.15) is 43.4 Å². The fraction of sp³-hybridized carbons (Fsp3) is 0.290. The smallest absolute Gasteiger partial charge is 0.229 e. The molecule has 6 N–H and O–H groups in total. The van der Waals surface area contributed by atoms with Gasteiger partial charge in [0, 0.05) is 12.1 Å². The molecule has 234 valence electrons. The zero-order valence-electron chi connectivity index (χ0n) is 24.8. The van der Waals surface area contributed by atoms with Gasteiger partial charge in [-0.25, -0.2) is 8.42 Å². The number of ether oxygens (including phenoxy) is 1. The molecular formula is C31H36N4O7S2. The Morgan fingerprint density at radius 3 is 2.52 bits per heavy atom. The number of methoxy groups -OCH3 is 1. The van der Waals surface area contributed by atoms with Gasteiger partial charge in [-0.3, -0.25) is 23.9 Å². The van der Waals surface area contributed by atoms with Crippen LogP contribution in [0.4, 0.5) is 11.4 Å². The maximum absolute atomic E-state index is 14.8. The number of benzene rings is 3. The van der Waals surface area contributed by atoms with Crippen LogP contribution in [0.2, 0.25) is 0 Å². The molecule has 0 fully saturated rings. The molecule has 0 amide bonds. The van der Waals surface area contributed by atoms with Gasteiger partial charge in [0.2, 0.25) is 10.0 Å². The topological polar surface area (TPSA) is 170 Å². The van der Waals surface area contributed by atoms with E-state index in [1.165, 1.54) is 18.2 Å². The predicted octanol–water partition coefficient (Wildman–Crippen LogP) is 5.89. The molecule has 2 aliphatic rings. The SMILES string of the molecule is COc1cccc(CNC2(CCC(C)C)C(=O)C(C3=NS(O)(O)c4cc(NS(C)(=O)=O)ccc4N3)=C(O)c3ccccc32)c1. The van der Waals surface area contributed by atoms with Crippen molar-refractivity contribution < 1.29 is 32.2 Å². The average Bonchev–Trinajstić information content (AvgIpc) is 2.96. The zero-order chi connectivity index (χ0) is 31.9. The number of hydrogen-bond donors (Lipinski definition) is 6. The molecule has 1 heterocycles. The average molecular weight is 641 g/mol. The highest BCUT2D eigenvalue weighted by Gasteiger charge is 2.49. The summed E-state index contributed by atoms with van der Waals surface area (Å²) in [5, 5.41) is 18.1. The Labute approximate surface area is 258 Å². The van der Waals surface area contributed by atoms with Crippen LogP contribution in [-0.4, -0.2) is 47.6 Å². The Bertz CT molecular complexity index is 1790. The summed E-state index contributed by atoms with van der Waals surface area (Å²) in [6.45, 7) is 4.43. The first kappa shape index (κ1) is 31.5. The lowest BCUT2D eigenvalue weighted by Gasteiger charge is -2.41. The molecular weight excluding hydrogens is 604 g/mol. The fourth-order valence-electron chi connectivity index (χ4n) is 5.48. The third-order valence-electron chi connectivity index (χ3n) is 7.61. The van der Waals surface area contributed by atoms with Crippen LogP contribution in [0.5, 0.6) is 5.75 Å². The molecule has 1 aliphatic carbocycles. The normalized spacial score (nSPS) is 19.9. The number of fused-ring (bicyclic) bond motifs is 2. The number of aliphatic hydroxyl groups excluding tert-OH is 1. The second kappa shape index (κ2) is 11.9. The van der Waals surface area contributed by atoms with Crippen LogP contribution < -0.4 is 20.1 Å². The number of nitrogens with one attached hydrogen (secondary N) is 3. The molecule has 44 heavy (non-hydrogen) atoms. The summed E-state index contributed by atoms with van der Waals surface area (Å²) in [4.78, 5) is 14.7. The molecule has 0 radical (unpaired) electrons. The number of hydrogen-bond acceptors (Lipinski definition) is 10. The van der Waals surface area contributed by atoms with Crippen molar-refractivity contribution in [2.45, 2.75) is 43.7 Å². The summed E-state index contributed by atoms with van der Waals surface area (Å²) in [5.41, 5.74) is 0.757. The molecule has 13 heteroatoms. The summed E-state index contributed by atoms with van der Waals surface area (Å²) in [5.74, 6) is -0.0806. The highest BCUT2D eigenvalue weighted by molar-refractivity contribution is 8.23. The van der Waals surface area contributed by atoms with Crippen molar-refractivity contribution in [2.75, 3.05) is 23.4 Å². The van der Waals surface area contributed by atoms with E-state index in [4.69, 9.17) is 4.74 Å². The van der Waals surface area contributed by atoms with E-state index in [9.17, 15) is 27.4 Å². The number of Topliss-reactive ketones (excluding diaryl/α,β-unsaturated/α-hetero) is 1. The summed E-state index contributed by atoms with van der Waals surface area (Å²) >= 11 is 0. The van der Waals surface area contributed by atoms with E-state index in [1.807, 2.05) is 36.4 Å². The van der Waals surface area contributed by atoms with Crippen molar-refractivity contribution in [3.05, 3.63) is 89.0 Å². The van der Waals surface area contributed by atoms with Crippen LogP contribution in [0, 0.1) is 5.92 Å². The number of nitrogens with zero attached hydrogens (tertiary/aromatic N) is 1. The molecule has 0 aromatic heterocycles. The Hall–Kier alpha value is -3.88. The van der Waals surface area contributed by atoms with Gasteiger partial charge in [0.15, 0.2) is 11.6 Å². The van der Waals surface area contributed by atoms with Crippen LogP contribution in [0.15, 0.2) is 81.6 Å². The second-order valence-electron chi connectivity index (χ2n) is 11.3.